The molecule has 8 heteroatoms. The van der Waals surface area contributed by atoms with Gasteiger partial charge in [-0.2, -0.15) is 9.94 Å². The molecule has 1 aliphatic rings. The minimum absolute atomic E-state index is 0.0124. The molecular formula is C16H15N5O3. The molecule has 0 aliphatic heterocycles. The summed E-state index contributed by atoms with van der Waals surface area (Å²) in [6.07, 6.45) is 2.95. The van der Waals surface area contributed by atoms with Crippen molar-refractivity contribution in [1.82, 2.24) is 4.68 Å². The number of nitrogens with zero attached hydrogens (tertiary/aromatic N) is 2. The molecule has 0 bridgehead atoms. The second-order valence-corrected chi connectivity index (χ2v) is 5.45. The van der Waals surface area contributed by atoms with Crippen LogP contribution in [0.1, 0.15) is 24.0 Å². The quantitative estimate of drug-likeness (QED) is 0.576. The highest BCUT2D eigenvalue weighted by atomic mass is 16.3. The SMILES string of the molecule is Cc1cc(=O)n(NC2=c3c(=N)cc(N)oc3=CCC2)c(O)c1C#N. The number of pyridine rings is 1. The van der Waals surface area contributed by atoms with Gasteiger partial charge in [0.15, 0.2) is 5.88 Å². The van der Waals surface area contributed by atoms with Crippen molar-refractivity contribution in [3.05, 3.63) is 49.6 Å². The van der Waals surface area contributed by atoms with E-state index in [1.807, 2.05) is 12.1 Å². The first-order chi connectivity index (χ1) is 11.4. The Morgan fingerprint density at radius 3 is 2.96 bits per heavy atom. The standard InChI is InChI=1S/C16H15N5O3/c1-8-5-14(22)21(16(23)9(8)7-17)20-11-3-2-4-12-15(11)10(18)6-13(19)24-12/h4-6,18,20,23H,2-3,19H2,1H3. The summed E-state index contributed by atoms with van der Waals surface area (Å²) >= 11 is 0. The molecule has 0 unspecified atom stereocenters. The van der Waals surface area contributed by atoms with E-state index in [1.54, 1.807) is 6.92 Å². The molecule has 122 valence electrons. The van der Waals surface area contributed by atoms with Crippen LogP contribution in [0.2, 0.25) is 0 Å². The van der Waals surface area contributed by atoms with Crippen molar-refractivity contribution in [2.45, 2.75) is 19.8 Å². The summed E-state index contributed by atoms with van der Waals surface area (Å²) in [6, 6.07) is 4.50. The average molecular weight is 325 g/mol. The second kappa shape index (κ2) is 5.62. The average Bonchev–Trinajstić information content (AvgIpc) is 2.51. The number of rotatable bonds is 2. The van der Waals surface area contributed by atoms with Crippen molar-refractivity contribution in [2.24, 2.45) is 0 Å². The van der Waals surface area contributed by atoms with E-state index in [2.05, 4.69) is 5.43 Å². The second-order valence-electron chi connectivity index (χ2n) is 5.45. The summed E-state index contributed by atoms with van der Waals surface area (Å²) in [5.41, 5.74) is 9.30. The zero-order chi connectivity index (χ0) is 17.4. The Kier molecular flexibility index (Phi) is 3.62. The van der Waals surface area contributed by atoms with Gasteiger partial charge in [-0.3, -0.25) is 15.6 Å². The van der Waals surface area contributed by atoms with Gasteiger partial charge < -0.3 is 15.3 Å². The Hall–Kier alpha value is -3.47. The van der Waals surface area contributed by atoms with Crippen molar-refractivity contribution < 1.29 is 9.52 Å². The van der Waals surface area contributed by atoms with Gasteiger partial charge in [-0.1, -0.05) is 0 Å². The van der Waals surface area contributed by atoms with E-state index in [0.29, 0.717) is 34.7 Å². The molecule has 2 aromatic heterocycles. The molecule has 0 atom stereocenters. The number of nitriles is 1. The number of hydrogen-bond donors (Lipinski definition) is 4. The molecule has 8 nitrogen and oxygen atoms in total. The van der Waals surface area contributed by atoms with Gasteiger partial charge in [0.1, 0.15) is 17.0 Å². The molecular weight excluding hydrogens is 310 g/mol. The van der Waals surface area contributed by atoms with Crippen molar-refractivity contribution in [3.63, 3.8) is 0 Å². The molecule has 0 radical (unpaired) electrons. The molecule has 0 amide bonds. The van der Waals surface area contributed by atoms with E-state index in [-0.39, 0.29) is 16.8 Å². The van der Waals surface area contributed by atoms with Crippen LogP contribution < -0.4 is 32.7 Å². The fourth-order valence-electron chi connectivity index (χ4n) is 2.69. The fourth-order valence-corrected chi connectivity index (χ4v) is 2.69. The van der Waals surface area contributed by atoms with Gasteiger partial charge >= 0.3 is 0 Å². The van der Waals surface area contributed by atoms with Crippen molar-refractivity contribution in [3.8, 4) is 11.9 Å². The van der Waals surface area contributed by atoms with Gasteiger partial charge in [-0.15, -0.1) is 0 Å². The van der Waals surface area contributed by atoms with Crippen LogP contribution in [0.4, 0.5) is 5.88 Å². The van der Waals surface area contributed by atoms with Crippen LogP contribution in [0.25, 0.3) is 11.8 Å². The summed E-state index contributed by atoms with van der Waals surface area (Å²) in [4.78, 5) is 12.2. The number of nitrogens with two attached hydrogens (primary N) is 1. The monoisotopic (exact) mass is 325 g/mol. The Labute approximate surface area is 135 Å². The number of aromatic nitrogens is 1. The third-order valence-electron chi connectivity index (χ3n) is 3.80. The number of nitrogens with one attached hydrogen (secondary N) is 2. The van der Waals surface area contributed by atoms with Crippen LogP contribution in [0.3, 0.4) is 0 Å². The molecule has 0 aromatic carbocycles. The largest absolute Gasteiger partial charge is 0.492 e. The number of hydrogen-bond acceptors (Lipinski definition) is 7. The maximum Gasteiger partial charge on any atom is 0.272 e. The number of fused-ring (bicyclic) bond motifs is 1. The van der Waals surface area contributed by atoms with Gasteiger partial charge in [0, 0.05) is 17.8 Å². The van der Waals surface area contributed by atoms with E-state index in [4.69, 9.17) is 20.8 Å². The van der Waals surface area contributed by atoms with Crippen molar-refractivity contribution >= 4 is 17.7 Å². The molecule has 0 spiro atoms. The molecule has 0 saturated carbocycles. The first-order valence-electron chi connectivity index (χ1n) is 7.22. The first kappa shape index (κ1) is 15.4. The third-order valence-corrected chi connectivity index (χ3v) is 3.80. The van der Waals surface area contributed by atoms with Crippen molar-refractivity contribution in [1.29, 1.82) is 10.7 Å². The molecule has 1 aliphatic carbocycles. The van der Waals surface area contributed by atoms with Gasteiger partial charge in [0.25, 0.3) is 5.56 Å². The lowest BCUT2D eigenvalue weighted by atomic mass is 10.1. The molecule has 2 heterocycles. The Balaban J connectivity index is 2.27. The van der Waals surface area contributed by atoms with Gasteiger partial charge in [0.2, 0.25) is 5.88 Å². The summed E-state index contributed by atoms with van der Waals surface area (Å²) in [5.74, 6) is -0.344. The highest BCUT2D eigenvalue weighted by Gasteiger charge is 2.15. The predicted octanol–water partition coefficient (Wildman–Crippen LogP) is -0.685. The van der Waals surface area contributed by atoms with Crippen LogP contribution in [-0.2, 0) is 0 Å². The van der Waals surface area contributed by atoms with Crippen LogP contribution >= 0.6 is 0 Å². The minimum Gasteiger partial charge on any atom is -0.492 e. The molecule has 24 heavy (non-hydrogen) atoms. The van der Waals surface area contributed by atoms with Gasteiger partial charge in [-0.05, 0) is 31.4 Å². The van der Waals surface area contributed by atoms with Gasteiger partial charge in [-0.25, -0.2) is 0 Å². The highest BCUT2D eigenvalue weighted by Crippen LogP contribution is 2.17. The smallest absolute Gasteiger partial charge is 0.272 e. The van der Waals surface area contributed by atoms with Crippen LogP contribution in [-0.4, -0.2) is 9.78 Å². The molecule has 0 fully saturated rings. The normalized spacial score (nSPS) is 12.9. The number of aryl methyl sites for hydroxylation is 1. The number of nitrogen functional groups attached to an aromatic ring is 1. The lowest BCUT2D eigenvalue weighted by molar-refractivity contribution is 0.425. The van der Waals surface area contributed by atoms with E-state index >= 15 is 0 Å². The summed E-state index contributed by atoms with van der Waals surface area (Å²) in [6.45, 7) is 1.57. The molecule has 0 saturated heterocycles. The van der Waals surface area contributed by atoms with Crippen LogP contribution in [0, 0.1) is 23.7 Å². The topological polar surface area (TPSA) is 141 Å². The zero-order valence-corrected chi connectivity index (χ0v) is 12.9. The number of anilines is 1. The van der Waals surface area contributed by atoms with Crippen LogP contribution in [0.15, 0.2) is 21.3 Å². The molecule has 2 aromatic rings. The van der Waals surface area contributed by atoms with Crippen LogP contribution in [0.5, 0.6) is 5.88 Å². The fraction of sp³-hybridized carbons (Fsp3) is 0.188. The lowest BCUT2D eigenvalue weighted by Gasteiger charge is -2.17. The van der Waals surface area contributed by atoms with E-state index in [0.717, 1.165) is 4.68 Å². The zero-order valence-electron chi connectivity index (χ0n) is 12.9. The Morgan fingerprint density at radius 2 is 2.25 bits per heavy atom. The Bertz CT molecular complexity index is 1120. The maximum atomic E-state index is 12.2. The summed E-state index contributed by atoms with van der Waals surface area (Å²) < 4.78 is 6.31. The summed E-state index contributed by atoms with van der Waals surface area (Å²) in [5, 5.41) is 28.0. The number of aromatic hydroxyl groups is 1. The van der Waals surface area contributed by atoms with E-state index in [1.165, 1.54) is 12.1 Å². The highest BCUT2D eigenvalue weighted by molar-refractivity contribution is 5.56. The van der Waals surface area contributed by atoms with Gasteiger partial charge in [0.05, 0.1) is 10.6 Å². The third kappa shape index (κ3) is 2.42. The minimum atomic E-state index is -0.508. The lowest BCUT2D eigenvalue weighted by Crippen LogP contribution is -2.45. The summed E-state index contributed by atoms with van der Waals surface area (Å²) in [7, 11) is 0. The predicted molar refractivity (Wildman–Crippen MR) is 86.5 cm³/mol. The Morgan fingerprint density at radius 1 is 1.50 bits per heavy atom. The van der Waals surface area contributed by atoms with E-state index < -0.39 is 11.4 Å². The maximum absolute atomic E-state index is 12.2. The van der Waals surface area contributed by atoms with Crippen molar-refractivity contribution in [2.75, 3.05) is 11.2 Å². The molecule has 5 N–H and O–H groups in total. The molecule has 3 rings (SSSR count). The van der Waals surface area contributed by atoms with E-state index in [9.17, 15) is 9.90 Å². The first-order valence-corrected chi connectivity index (χ1v) is 7.22.